The molecule has 2 aliphatic rings. The molecule has 0 saturated carbocycles. The van der Waals surface area contributed by atoms with Crippen molar-refractivity contribution in [2.24, 2.45) is 0 Å². The van der Waals surface area contributed by atoms with Crippen LogP contribution in [0.5, 0.6) is 5.88 Å². The number of carbonyl (C=O) groups excluding carboxylic acids is 1. The van der Waals surface area contributed by atoms with E-state index in [9.17, 15) is 4.79 Å². The van der Waals surface area contributed by atoms with Gasteiger partial charge < -0.3 is 14.4 Å². The van der Waals surface area contributed by atoms with Crippen LogP contribution in [0.2, 0.25) is 0 Å². The SMILES string of the molecule is O=C(c1ccc2ccccc2n1)N1CCC(Oc2ncccc2C2=CCOCC2)CC1. The number of piperidine rings is 1. The zero-order valence-corrected chi connectivity index (χ0v) is 17.4. The van der Waals surface area contributed by atoms with Crippen LogP contribution in [-0.4, -0.2) is 53.2 Å². The lowest BCUT2D eigenvalue weighted by Gasteiger charge is -2.32. The van der Waals surface area contributed by atoms with Gasteiger partial charge in [0.05, 0.1) is 18.7 Å². The lowest BCUT2D eigenvalue weighted by Crippen LogP contribution is -2.42. The average Bonchev–Trinajstić information content (AvgIpc) is 2.85. The topological polar surface area (TPSA) is 64.6 Å². The lowest BCUT2D eigenvalue weighted by atomic mass is 10.0. The molecule has 6 heteroatoms. The van der Waals surface area contributed by atoms with Gasteiger partial charge in [-0.25, -0.2) is 9.97 Å². The molecule has 0 radical (unpaired) electrons. The quantitative estimate of drug-likeness (QED) is 0.641. The molecule has 4 heterocycles. The van der Waals surface area contributed by atoms with Gasteiger partial charge >= 0.3 is 0 Å². The molecule has 1 aromatic carbocycles. The molecule has 5 rings (SSSR count). The van der Waals surface area contributed by atoms with Crippen LogP contribution in [0.15, 0.2) is 60.8 Å². The monoisotopic (exact) mass is 415 g/mol. The van der Waals surface area contributed by atoms with Gasteiger partial charge in [0, 0.05) is 43.1 Å². The Labute approximate surface area is 181 Å². The summed E-state index contributed by atoms with van der Waals surface area (Å²) in [6.07, 6.45) is 6.33. The van der Waals surface area contributed by atoms with Gasteiger partial charge in [-0.2, -0.15) is 0 Å². The number of hydrogen-bond acceptors (Lipinski definition) is 5. The number of pyridine rings is 2. The number of likely N-dealkylation sites (tertiary alicyclic amines) is 1. The highest BCUT2D eigenvalue weighted by atomic mass is 16.5. The highest BCUT2D eigenvalue weighted by Crippen LogP contribution is 2.30. The average molecular weight is 415 g/mol. The van der Waals surface area contributed by atoms with Gasteiger partial charge in [0.15, 0.2) is 0 Å². The second-order valence-corrected chi connectivity index (χ2v) is 7.91. The van der Waals surface area contributed by atoms with Crippen LogP contribution >= 0.6 is 0 Å². The molecule has 6 nitrogen and oxygen atoms in total. The zero-order valence-electron chi connectivity index (χ0n) is 17.4. The third-order valence-electron chi connectivity index (χ3n) is 5.91. The number of ether oxygens (including phenoxy) is 2. The molecule has 158 valence electrons. The molecule has 1 amide bonds. The molecule has 0 aliphatic carbocycles. The molecule has 2 aliphatic heterocycles. The number of benzene rings is 1. The Morgan fingerprint density at radius 1 is 1.06 bits per heavy atom. The first-order chi connectivity index (χ1) is 15.3. The van der Waals surface area contributed by atoms with Gasteiger partial charge in [0.25, 0.3) is 5.91 Å². The minimum absolute atomic E-state index is 0.0184. The Balaban J connectivity index is 1.24. The maximum absolute atomic E-state index is 13.0. The Hall–Kier alpha value is -3.25. The summed E-state index contributed by atoms with van der Waals surface area (Å²) in [5.41, 5.74) is 3.61. The third kappa shape index (κ3) is 4.30. The van der Waals surface area contributed by atoms with E-state index in [4.69, 9.17) is 9.47 Å². The fourth-order valence-corrected chi connectivity index (χ4v) is 4.18. The molecule has 0 spiro atoms. The van der Waals surface area contributed by atoms with E-state index in [1.54, 1.807) is 6.20 Å². The second-order valence-electron chi connectivity index (χ2n) is 7.91. The summed E-state index contributed by atoms with van der Waals surface area (Å²) in [7, 11) is 0. The summed E-state index contributed by atoms with van der Waals surface area (Å²) in [6, 6.07) is 15.6. The molecule has 0 N–H and O–H groups in total. The molecule has 1 saturated heterocycles. The largest absolute Gasteiger partial charge is 0.474 e. The highest BCUT2D eigenvalue weighted by molar-refractivity contribution is 5.95. The van der Waals surface area contributed by atoms with Crippen LogP contribution < -0.4 is 4.74 Å². The molecule has 0 atom stereocenters. The summed E-state index contributed by atoms with van der Waals surface area (Å²) in [5.74, 6) is 0.659. The first-order valence-electron chi connectivity index (χ1n) is 10.8. The highest BCUT2D eigenvalue weighted by Gasteiger charge is 2.26. The summed E-state index contributed by atoms with van der Waals surface area (Å²) in [4.78, 5) is 23.9. The smallest absolute Gasteiger partial charge is 0.272 e. The van der Waals surface area contributed by atoms with E-state index in [-0.39, 0.29) is 12.0 Å². The van der Waals surface area contributed by atoms with Crippen molar-refractivity contribution in [3.63, 3.8) is 0 Å². The van der Waals surface area contributed by atoms with Crippen molar-refractivity contribution in [3.05, 3.63) is 72.1 Å². The molecule has 31 heavy (non-hydrogen) atoms. The molecular formula is C25H25N3O3. The molecule has 0 bridgehead atoms. The number of carbonyl (C=O) groups is 1. The van der Waals surface area contributed by atoms with Gasteiger partial charge in [-0.15, -0.1) is 0 Å². The summed E-state index contributed by atoms with van der Waals surface area (Å²) >= 11 is 0. The second kappa shape index (κ2) is 8.86. The van der Waals surface area contributed by atoms with Crippen LogP contribution in [-0.2, 0) is 4.74 Å². The van der Waals surface area contributed by atoms with Crippen molar-refractivity contribution >= 4 is 22.4 Å². The number of fused-ring (bicyclic) bond motifs is 1. The first kappa shape index (κ1) is 19.7. The zero-order chi connectivity index (χ0) is 21.0. The number of aromatic nitrogens is 2. The van der Waals surface area contributed by atoms with Crippen LogP contribution in [0, 0.1) is 0 Å². The van der Waals surface area contributed by atoms with Gasteiger partial charge in [-0.1, -0.05) is 30.3 Å². The van der Waals surface area contributed by atoms with Gasteiger partial charge in [0.2, 0.25) is 5.88 Å². The molecule has 3 aromatic rings. The Morgan fingerprint density at radius 3 is 2.77 bits per heavy atom. The van der Waals surface area contributed by atoms with Crippen molar-refractivity contribution < 1.29 is 14.3 Å². The fraction of sp³-hybridized carbons (Fsp3) is 0.320. The van der Waals surface area contributed by atoms with Crippen molar-refractivity contribution in [2.45, 2.75) is 25.4 Å². The molecular weight excluding hydrogens is 390 g/mol. The van der Waals surface area contributed by atoms with Crippen LogP contribution in [0.25, 0.3) is 16.5 Å². The normalized spacial score (nSPS) is 17.4. The molecule has 2 aromatic heterocycles. The maximum Gasteiger partial charge on any atom is 0.272 e. The lowest BCUT2D eigenvalue weighted by molar-refractivity contribution is 0.0582. The van der Waals surface area contributed by atoms with Gasteiger partial charge in [-0.05, 0) is 36.3 Å². The minimum Gasteiger partial charge on any atom is -0.474 e. The Bertz CT molecular complexity index is 1120. The van der Waals surface area contributed by atoms with Crippen molar-refractivity contribution in [3.8, 4) is 5.88 Å². The van der Waals surface area contributed by atoms with E-state index in [0.29, 0.717) is 31.3 Å². The van der Waals surface area contributed by atoms with Crippen LogP contribution in [0.4, 0.5) is 0 Å². The van der Waals surface area contributed by atoms with E-state index in [1.807, 2.05) is 47.4 Å². The van der Waals surface area contributed by atoms with E-state index >= 15 is 0 Å². The molecule has 1 fully saturated rings. The van der Waals surface area contributed by atoms with Crippen LogP contribution in [0.1, 0.15) is 35.3 Å². The summed E-state index contributed by atoms with van der Waals surface area (Å²) < 4.78 is 11.7. The fourth-order valence-electron chi connectivity index (χ4n) is 4.18. The number of nitrogens with zero attached hydrogens (tertiary/aromatic N) is 3. The third-order valence-corrected chi connectivity index (χ3v) is 5.91. The summed E-state index contributed by atoms with van der Waals surface area (Å²) in [6.45, 7) is 2.66. The first-order valence-corrected chi connectivity index (χ1v) is 10.8. The Kier molecular flexibility index (Phi) is 5.63. The van der Waals surface area contributed by atoms with Crippen molar-refractivity contribution in [2.75, 3.05) is 26.3 Å². The summed E-state index contributed by atoms with van der Waals surface area (Å²) in [5, 5.41) is 1.04. The predicted octanol–water partition coefficient (Wildman–Crippen LogP) is 4.12. The van der Waals surface area contributed by atoms with Gasteiger partial charge in [0.1, 0.15) is 11.8 Å². The standard InChI is InChI=1S/C25H25N3O3/c29-25(23-8-7-19-4-1-2-6-22(19)27-23)28-14-9-20(10-15-28)31-24-21(5-3-13-26-24)18-11-16-30-17-12-18/h1-8,11,13,20H,9-10,12,14-17H2. The van der Waals surface area contributed by atoms with E-state index in [0.717, 1.165) is 42.3 Å². The number of hydrogen-bond donors (Lipinski definition) is 0. The minimum atomic E-state index is -0.0184. The van der Waals surface area contributed by atoms with E-state index in [1.165, 1.54) is 5.57 Å². The van der Waals surface area contributed by atoms with Gasteiger partial charge in [-0.3, -0.25) is 4.79 Å². The van der Waals surface area contributed by atoms with Crippen LogP contribution in [0.3, 0.4) is 0 Å². The number of para-hydroxylation sites is 1. The number of rotatable bonds is 4. The van der Waals surface area contributed by atoms with E-state index in [2.05, 4.69) is 22.1 Å². The Morgan fingerprint density at radius 2 is 1.94 bits per heavy atom. The predicted molar refractivity (Wildman–Crippen MR) is 119 cm³/mol. The van der Waals surface area contributed by atoms with Crippen molar-refractivity contribution in [1.29, 1.82) is 0 Å². The maximum atomic E-state index is 13.0. The van der Waals surface area contributed by atoms with Crippen molar-refractivity contribution in [1.82, 2.24) is 14.9 Å². The molecule has 0 unspecified atom stereocenters. The van der Waals surface area contributed by atoms with E-state index < -0.39 is 0 Å². The number of amides is 1.